The molecule has 2 aromatic rings. The second-order valence-electron chi connectivity index (χ2n) is 10.00. The second kappa shape index (κ2) is 13.1. The number of halogens is 2. The zero-order valence-electron chi connectivity index (χ0n) is 21.1. The van der Waals surface area contributed by atoms with E-state index in [2.05, 4.69) is 10.3 Å². The van der Waals surface area contributed by atoms with E-state index in [0.29, 0.717) is 28.7 Å². The van der Waals surface area contributed by atoms with Crippen LogP contribution in [-0.4, -0.2) is 51.4 Å². The fourth-order valence-electron chi connectivity index (χ4n) is 3.39. The summed E-state index contributed by atoms with van der Waals surface area (Å²) in [5, 5.41) is 13.8. The number of ether oxygens (including phenoxy) is 2. The summed E-state index contributed by atoms with van der Waals surface area (Å²) in [6.45, 7) is 8.71. The second-order valence-corrected chi connectivity index (χ2v) is 10.9. The number of esters is 2. The molecule has 2 rings (SSSR count). The van der Waals surface area contributed by atoms with Crippen molar-refractivity contribution >= 4 is 41.1 Å². The van der Waals surface area contributed by atoms with Crippen LogP contribution in [0.2, 0.25) is 10.0 Å². The highest BCUT2D eigenvalue weighted by atomic mass is 35.5. The third-order valence-corrected chi connectivity index (χ3v) is 5.62. The Kier molecular flexibility index (Phi) is 10.8. The molecule has 2 N–H and O–H groups in total. The first-order valence-electron chi connectivity index (χ1n) is 11.5. The lowest BCUT2D eigenvalue weighted by Crippen LogP contribution is -2.49. The summed E-state index contributed by atoms with van der Waals surface area (Å²) >= 11 is 12.2. The fourth-order valence-corrected chi connectivity index (χ4v) is 3.96. The van der Waals surface area contributed by atoms with Gasteiger partial charge in [0.2, 0.25) is 6.79 Å². The average Bonchev–Trinajstić information content (AvgIpc) is 3.17. The smallest absolute Gasteiger partial charge is 0.326 e. The largest absolute Gasteiger partial charge is 0.480 e. The first-order chi connectivity index (χ1) is 16.8. The third kappa shape index (κ3) is 9.44. The van der Waals surface area contributed by atoms with Crippen molar-refractivity contribution in [3.8, 4) is 0 Å². The van der Waals surface area contributed by atoms with Gasteiger partial charge >= 0.3 is 17.9 Å². The van der Waals surface area contributed by atoms with Crippen LogP contribution in [0.5, 0.6) is 0 Å². The molecule has 0 aliphatic carbocycles. The molecule has 36 heavy (non-hydrogen) atoms. The fraction of sp³-hybridized carbons (Fsp3) is 0.520. The molecule has 0 bridgehead atoms. The molecule has 0 fully saturated rings. The van der Waals surface area contributed by atoms with Crippen LogP contribution in [0.3, 0.4) is 0 Å². The zero-order valence-corrected chi connectivity index (χ0v) is 22.6. The van der Waals surface area contributed by atoms with E-state index in [9.17, 15) is 19.5 Å². The lowest BCUT2D eigenvalue weighted by Gasteiger charge is -2.24. The molecular formula is C25H33Cl2N3O6. The van der Waals surface area contributed by atoms with Crippen LogP contribution in [0.25, 0.3) is 0 Å². The first kappa shape index (κ1) is 29.6. The number of rotatable bonds is 12. The number of hydrogen-bond donors (Lipinski definition) is 2. The van der Waals surface area contributed by atoms with Crippen LogP contribution in [0, 0.1) is 11.3 Å². The number of carboxylic acid groups (broad SMARTS) is 1. The maximum absolute atomic E-state index is 12.7. The minimum Gasteiger partial charge on any atom is -0.480 e. The Balaban J connectivity index is 2.11. The number of carboxylic acids is 1. The summed E-state index contributed by atoms with van der Waals surface area (Å²) in [6, 6.07) is 3.15. The quantitative estimate of drug-likeness (QED) is 0.301. The van der Waals surface area contributed by atoms with Crippen molar-refractivity contribution in [2.45, 2.75) is 66.1 Å². The molecule has 0 spiro atoms. The molecule has 0 aliphatic heterocycles. The van der Waals surface area contributed by atoms with Crippen molar-refractivity contribution in [1.82, 2.24) is 14.9 Å². The number of nitrogens with one attached hydrogen (secondary N) is 1. The number of aliphatic carboxylic acids is 1. The number of nitrogens with zero attached hydrogens (tertiary/aromatic N) is 2. The van der Waals surface area contributed by atoms with Crippen molar-refractivity contribution in [2.75, 3.05) is 6.79 Å². The summed E-state index contributed by atoms with van der Waals surface area (Å²) in [6.07, 6.45) is 3.55. The van der Waals surface area contributed by atoms with E-state index in [1.54, 1.807) is 56.1 Å². The summed E-state index contributed by atoms with van der Waals surface area (Å²) in [5.74, 6) is -2.27. The van der Waals surface area contributed by atoms with E-state index in [-0.39, 0.29) is 12.3 Å². The van der Waals surface area contributed by atoms with Crippen LogP contribution in [0.15, 0.2) is 30.7 Å². The molecule has 1 aromatic heterocycles. The van der Waals surface area contributed by atoms with Gasteiger partial charge in [0, 0.05) is 34.9 Å². The van der Waals surface area contributed by atoms with E-state index < -0.39 is 42.2 Å². The molecule has 0 saturated carbocycles. The van der Waals surface area contributed by atoms with Gasteiger partial charge in [-0.1, -0.05) is 37.0 Å². The van der Waals surface area contributed by atoms with Crippen LogP contribution in [0.1, 0.15) is 52.3 Å². The Morgan fingerprint density at radius 2 is 1.72 bits per heavy atom. The van der Waals surface area contributed by atoms with E-state index in [1.807, 2.05) is 13.8 Å². The highest BCUT2D eigenvalue weighted by Crippen LogP contribution is 2.21. The normalized spacial score (nSPS) is 13.3. The molecule has 0 aliphatic rings. The standard InChI is InChI=1S/C25H33Cl2N3O6/c1-15(2)6-21(23(33)35-14-36-24(34)25(3,4)5)29-20(22(31)32)10-19-11-28-13-30(19)12-16-7-17(26)9-18(27)8-16/h7-9,11,13,15,20-21,29H,6,10,12,14H2,1-5H3,(H,31,32)/t20-,21-/m0/s1. The molecule has 1 aromatic carbocycles. The molecule has 9 nitrogen and oxygen atoms in total. The Bertz CT molecular complexity index is 1040. The van der Waals surface area contributed by atoms with Gasteiger partial charge in [0.15, 0.2) is 0 Å². The van der Waals surface area contributed by atoms with Gasteiger partial charge in [0.05, 0.1) is 11.7 Å². The van der Waals surface area contributed by atoms with Gasteiger partial charge in [0.1, 0.15) is 12.1 Å². The molecule has 11 heteroatoms. The highest BCUT2D eigenvalue weighted by molar-refractivity contribution is 6.34. The molecule has 0 unspecified atom stereocenters. The zero-order chi connectivity index (χ0) is 27.0. The van der Waals surface area contributed by atoms with E-state index >= 15 is 0 Å². The number of aromatic nitrogens is 2. The average molecular weight is 542 g/mol. The summed E-state index contributed by atoms with van der Waals surface area (Å²) in [7, 11) is 0. The Labute approximate surface area is 221 Å². The monoisotopic (exact) mass is 541 g/mol. The van der Waals surface area contributed by atoms with Crippen LogP contribution >= 0.6 is 23.2 Å². The van der Waals surface area contributed by atoms with Crippen molar-refractivity contribution in [1.29, 1.82) is 0 Å². The van der Waals surface area contributed by atoms with Gasteiger partial charge in [-0.05, 0) is 56.9 Å². The van der Waals surface area contributed by atoms with Gasteiger partial charge in [0.25, 0.3) is 0 Å². The van der Waals surface area contributed by atoms with E-state index in [0.717, 1.165) is 5.56 Å². The van der Waals surface area contributed by atoms with Crippen LogP contribution in [0.4, 0.5) is 0 Å². The SMILES string of the molecule is CC(C)C[C@H](N[C@@H](Cc1cncn1Cc1cc(Cl)cc(Cl)c1)C(=O)O)C(=O)OCOC(=O)C(C)(C)C. The molecule has 0 amide bonds. The number of carbonyl (C=O) groups excluding carboxylic acids is 2. The highest BCUT2D eigenvalue weighted by Gasteiger charge is 2.30. The molecular weight excluding hydrogens is 509 g/mol. The van der Waals surface area contributed by atoms with Gasteiger partial charge in [-0.2, -0.15) is 0 Å². The topological polar surface area (TPSA) is 120 Å². The van der Waals surface area contributed by atoms with Gasteiger partial charge < -0.3 is 19.1 Å². The minimum atomic E-state index is -1.13. The van der Waals surface area contributed by atoms with E-state index in [1.165, 1.54) is 0 Å². The van der Waals surface area contributed by atoms with Crippen LogP contribution in [-0.2, 0) is 36.8 Å². The summed E-state index contributed by atoms with van der Waals surface area (Å²) < 4.78 is 11.9. The molecule has 2 atom stereocenters. The molecule has 1 heterocycles. The van der Waals surface area contributed by atoms with Crippen molar-refractivity contribution < 1.29 is 29.0 Å². The molecule has 0 radical (unpaired) electrons. The molecule has 0 saturated heterocycles. The summed E-state index contributed by atoms with van der Waals surface area (Å²) in [4.78, 5) is 40.9. The van der Waals surface area contributed by atoms with E-state index in [4.69, 9.17) is 32.7 Å². The van der Waals surface area contributed by atoms with Gasteiger partial charge in [-0.25, -0.2) is 4.98 Å². The Morgan fingerprint density at radius 1 is 1.08 bits per heavy atom. The van der Waals surface area contributed by atoms with Crippen molar-refractivity contribution in [3.05, 3.63) is 52.0 Å². The van der Waals surface area contributed by atoms with Gasteiger partial charge in [-0.15, -0.1) is 0 Å². The lowest BCUT2D eigenvalue weighted by molar-refractivity contribution is -0.174. The maximum Gasteiger partial charge on any atom is 0.326 e. The van der Waals surface area contributed by atoms with Crippen LogP contribution < -0.4 is 5.32 Å². The van der Waals surface area contributed by atoms with Crippen molar-refractivity contribution in [3.63, 3.8) is 0 Å². The minimum absolute atomic E-state index is 0.0600. The number of carbonyl (C=O) groups is 3. The number of benzene rings is 1. The maximum atomic E-state index is 12.7. The Hall–Kier alpha value is -2.62. The number of imidazole rings is 1. The first-order valence-corrected chi connectivity index (χ1v) is 12.3. The van der Waals surface area contributed by atoms with Gasteiger partial charge in [-0.3, -0.25) is 19.7 Å². The molecule has 198 valence electrons. The van der Waals surface area contributed by atoms with Crippen molar-refractivity contribution in [2.24, 2.45) is 11.3 Å². The Morgan fingerprint density at radius 3 is 2.28 bits per heavy atom. The predicted octanol–water partition coefficient (Wildman–Crippen LogP) is 4.33. The summed E-state index contributed by atoms with van der Waals surface area (Å²) in [5.41, 5.74) is 0.731. The third-order valence-electron chi connectivity index (χ3n) is 5.18. The lowest BCUT2D eigenvalue weighted by atomic mass is 9.98. The predicted molar refractivity (Wildman–Crippen MR) is 136 cm³/mol. The number of hydrogen-bond acceptors (Lipinski definition) is 7.